The highest BCUT2D eigenvalue weighted by molar-refractivity contribution is 6.33. The number of amides is 1. The standard InChI is InChI=1S/C18H22ClN5O3.ClH/c1-27-12-14(20)17(25)23-9-7-22(8-10-23)15-11-21-24(18(26)16(15)19)13-5-3-2-4-6-13;/h2-6,11,14H,7-10,12,20H2,1H3;1H. The molecule has 1 aliphatic heterocycles. The molecule has 0 saturated carbocycles. The molecule has 2 N–H and O–H groups in total. The van der Waals surface area contributed by atoms with Crippen molar-refractivity contribution in [2.75, 3.05) is 44.8 Å². The molecule has 1 amide bonds. The molecule has 2 heterocycles. The predicted octanol–water partition coefficient (Wildman–Crippen LogP) is 0.930. The zero-order valence-corrected chi connectivity index (χ0v) is 17.0. The largest absolute Gasteiger partial charge is 0.383 e. The number of nitrogens with two attached hydrogens (primary N) is 1. The minimum Gasteiger partial charge on any atom is -0.383 e. The van der Waals surface area contributed by atoms with Crippen LogP contribution >= 0.6 is 24.0 Å². The summed E-state index contributed by atoms with van der Waals surface area (Å²) in [7, 11) is 1.51. The van der Waals surface area contributed by atoms with Crippen molar-refractivity contribution < 1.29 is 9.53 Å². The van der Waals surface area contributed by atoms with Gasteiger partial charge in [0.05, 0.1) is 24.2 Å². The molecule has 28 heavy (non-hydrogen) atoms. The van der Waals surface area contributed by atoms with Crippen molar-refractivity contribution in [1.82, 2.24) is 14.7 Å². The molecule has 0 spiro atoms. The number of piperazine rings is 1. The minimum atomic E-state index is -0.665. The number of rotatable bonds is 5. The molecule has 10 heteroatoms. The molecule has 3 rings (SSSR count). The second-order valence-electron chi connectivity index (χ2n) is 6.27. The van der Waals surface area contributed by atoms with Gasteiger partial charge in [-0.3, -0.25) is 9.59 Å². The smallest absolute Gasteiger partial charge is 0.292 e. The number of carbonyl (C=O) groups excluding carboxylic acids is 1. The Bertz CT molecular complexity index is 854. The Hall–Kier alpha value is -2.13. The predicted molar refractivity (Wildman–Crippen MR) is 111 cm³/mol. The molecule has 1 aromatic heterocycles. The van der Waals surface area contributed by atoms with Crippen LogP contribution in [0.2, 0.25) is 5.02 Å². The summed E-state index contributed by atoms with van der Waals surface area (Å²) in [5.74, 6) is -0.139. The lowest BCUT2D eigenvalue weighted by molar-refractivity contribution is -0.134. The number of para-hydroxylation sites is 1. The first kappa shape index (κ1) is 22.2. The molecule has 1 fully saturated rings. The summed E-state index contributed by atoms with van der Waals surface area (Å²) in [6, 6.07) is 8.44. The number of carbonyl (C=O) groups is 1. The molecule has 0 aliphatic carbocycles. The van der Waals surface area contributed by atoms with Gasteiger partial charge >= 0.3 is 0 Å². The van der Waals surface area contributed by atoms with Crippen molar-refractivity contribution in [3.05, 3.63) is 51.9 Å². The van der Waals surface area contributed by atoms with Gasteiger partial charge in [-0.05, 0) is 12.1 Å². The van der Waals surface area contributed by atoms with Gasteiger partial charge in [0.15, 0.2) is 0 Å². The Labute approximate surface area is 174 Å². The maximum Gasteiger partial charge on any atom is 0.292 e. The van der Waals surface area contributed by atoms with Gasteiger partial charge < -0.3 is 20.3 Å². The van der Waals surface area contributed by atoms with E-state index in [4.69, 9.17) is 22.1 Å². The number of benzene rings is 1. The Morgan fingerprint density at radius 3 is 2.50 bits per heavy atom. The quantitative estimate of drug-likeness (QED) is 0.762. The lowest BCUT2D eigenvalue weighted by Crippen LogP contribution is -2.54. The number of aromatic nitrogens is 2. The van der Waals surface area contributed by atoms with Crippen molar-refractivity contribution in [2.24, 2.45) is 5.73 Å². The first-order chi connectivity index (χ1) is 13.0. The molecule has 152 valence electrons. The van der Waals surface area contributed by atoms with Crippen molar-refractivity contribution in [3.63, 3.8) is 0 Å². The number of anilines is 1. The van der Waals surface area contributed by atoms with Crippen molar-refractivity contribution in [1.29, 1.82) is 0 Å². The van der Waals surface area contributed by atoms with E-state index in [1.54, 1.807) is 23.2 Å². The third kappa shape index (κ3) is 4.64. The zero-order valence-electron chi connectivity index (χ0n) is 15.5. The molecule has 1 aromatic carbocycles. The summed E-state index contributed by atoms with van der Waals surface area (Å²) in [5.41, 5.74) is 6.66. The number of halogens is 2. The molecule has 1 unspecified atom stereocenters. The van der Waals surface area contributed by atoms with E-state index in [1.807, 2.05) is 23.1 Å². The van der Waals surface area contributed by atoms with Gasteiger partial charge in [-0.25, -0.2) is 0 Å². The monoisotopic (exact) mass is 427 g/mol. The highest BCUT2D eigenvalue weighted by atomic mass is 35.5. The average Bonchev–Trinajstić information content (AvgIpc) is 2.70. The summed E-state index contributed by atoms with van der Waals surface area (Å²) < 4.78 is 6.21. The van der Waals surface area contributed by atoms with E-state index in [0.717, 1.165) is 0 Å². The summed E-state index contributed by atoms with van der Waals surface area (Å²) >= 11 is 6.34. The Morgan fingerprint density at radius 2 is 1.89 bits per heavy atom. The molecular formula is C18H23Cl2N5O3. The average molecular weight is 428 g/mol. The molecular weight excluding hydrogens is 405 g/mol. The molecule has 0 bridgehead atoms. The van der Waals surface area contributed by atoms with Crippen LogP contribution in [0.5, 0.6) is 0 Å². The van der Waals surface area contributed by atoms with Gasteiger partial charge in [-0.15, -0.1) is 12.4 Å². The lowest BCUT2D eigenvalue weighted by Gasteiger charge is -2.37. The summed E-state index contributed by atoms with van der Waals surface area (Å²) in [5, 5.41) is 4.37. The van der Waals surface area contributed by atoms with Gasteiger partial charge in [-0.1, -0.05) is 29.8 Å². The van der Waals surface area contributed by atoms with Gasteiger partial charge in [0.25, 0.3) is 5.56 Å². The highest BCUT2D eigenvalue weighted by Crippen LogP contribution is 2.23. The number of methoxy groups -OCH3 is 1. The van der Waals surface area contributed by atoms with Gasteiger partial charge in [0.2, 0.25) is 5.91 Å². The molecule has 1 atom stereocenters. The van der Waals surface area contributed by atoms with Crippen LogP contribution < -0.4 is 16.2 Å². The second-order valence-corrected chi connectivity index (χ2v) is 6.65. The van der Waals surface area contributed by atoms with Crippen LogP contribution in [0.25, 0.3) is 5.69 Å². The molecule has 0 radical (unpaired) electrons. The van der Waals surface area contributed by atoms with Crippen LogP contribution in [0.15, 0.2) is 41.3 Å². The van der Waals surface area contributed by atoms with E-state index >= 15 is 0 Å². The van der Waals surface area contributed by atoms with Crippen LogP contribution in [0.3, 0.4) is 0 Å². The Balaban J connectivity index is 0.00000280. The van der Waals surface area contributed by atoms with Crippen LogP contribution in [-0.2, 0) is 9.53 Å². The topological polar surface area (TPSA) is 93.7 Å². The molecule has 1 aliphatic rings. The number of hydrogen-bond acceptors (Lipinski definition) is 6. The Morgan fingerprint density at radius 1 is 1.25 bits per heavy atom. The van der Waals surface area contributed by atoms with Crippen LogP contribution in [0.4, 0.5) is 5.69 Å². The van der Waals surface area contributed by atoms with Crippen LogP contribution in [-0.4, -0.2) is 66.5 Å². The summed E-state index contributed by atoms with van der Waals surface area (Å²) in [6.45, 7) is 2.26. The lowest BCUT2D eigenvalue weighted by atomic mass is 10.2. The van der Waals surface area contributed by atoms with Crippen LogP contribution in [0, 0.1) is 0 Å². The van der Waals surface area contributed by atoms with Gasteiger partial charge in [0.1, 0.15) is 11.1 Å². The fourth-order valence-corrected chi connectivity index (χ4v) is 3.30. The fraction of sp³-hybridized carbons (Fsp3) is 0.389. The first-order valence-electron chi connectivity index (χ1n) is 8.64. The molecule has 8 nitrogen and oxygen atoms in total. The molecule has 2 aromatic rings. The third-order valence-corrected chi connectivity index (χ3v) is 4.85. The Kier molecular flexibility index (Phi) is 7.82. The third-order valence-electron chi connectivity index (χ3n) is 4.50. The van der Waals surface area contributed by atoms with E-state index in [0.29, 0.717) is 37.6 Å². The van der Waals surface area contributed by atoms with E-state index < -0.39 is 6.04 Å². The number of nitrogens with zero attached hydrogens (tertiary/aromatic N) is 4. The number of ether oxygens (including phenoxy) is 1. The normalized spacial score (nSPS) is 15.1. The van der Waals surface area contributed by atoms with Crippen LogP contribution in [0.1, 0.15) is 0 Å². The maximum atomic E-state index is 12.6. The van der Waals surface area contributed by atoms with Crippen molar-refractivity contribution >= 4 is 35.6 Å². The molecule has 1 saturated heterocycles. The fourth-order valence-electron chi connectivity index (χ4n) is 3.05. The van der Waals surface area contributed by atoms with Crippen molar-refractivity contribution in [2.45, 2.75) is 6.04 Å². The van der Waals surface area contributed by atoms with E-state index in [9.17, 15) is 9.59 Å². The van der Waals surface area contributed by atoms with E-state index in [2.05, 4.69) is 5.10 Å². The van der Waals surface area contributed by atoms with E-state index in [1.165, 1.54) is 11.8 Å². The SMILES string of the molecule is COCC(N)C(=O)N1CCN(c2cnn(-c3ccccc3)c(=O)c2Cl)CC1.Cl. The van der Waals surface area contributed by atoms with Gasteiger partial charge in [0, 0.05) is 33.3 Å². The zero-order chi connectivity index (χ0) is 19.4. The van der Waals surface area contributed by atoms with Gasteiger partial charge in [-0.2, -0.15) is 9.78 Å². The minimum absolute atomic E-state index is 0. The number of hydrogen-bond donors (Lipinski definition) is 1. The maximum absolute atomic E-state index is 12.6. The van der Waals surface area contributed by atoms with Crippen molar-refractivity contribution in [3.8, 4) is 5.69 Å². The highest BCUT2D eigenvalue weighted by Gasteiger charge is 2.27. The summed E-state index contributed by atoms with van der Waals surface area (Å²) in [4.78, 5) is 28.5. The summed E-state index contributed by atoms with van der Waals surface area (Å²) in [6.07, 6.45) is 1.59. The van der Waals surface area contributed by atoms with E-state index in [-0.39, 0.29) is 35.5 Å². The first-order valence-corrected chi connectivity index (χ1v) is 9.02. The second kappa shape index (κ2) is 9.88.